The fourth-order valence-electron chi connectivity index (χ4n) is 2.29. The Kier molecular flexibility index (Phi) is 6.52. The summed E-state index contributed by atoms with van der Waals surface area (Å²) in [4.78, 5) is 12.3. The average molecular weight is 365 g/mol. The number of carbonyl (C=O) groups excluding carboxylic acids is 1. The molecule has 0 radical (unpaired) electrons. The van der Waals surface area contributed by atoms with Crippen molar-refractivity contribution in [1.82, 2.24) is 5.32 Å². The van der Waals surface area contributed by atoms with Crippen molar-refractivity contribution in [2.45, 2.75) is 26.1 Å². The van der Waals surface area contributed by atoms with Crippen molar-refractivity contribution in [1.29, 1.82) is 0 Å². The van der Waals surface area contributed by atoms with Crippen molar-refractivity contribution >= 4 is 5.91 Å². The van der Waals surface area contributed by atoms with Gasteiger partial charge in [0, 0.05) is 12.1 Å². The molecule has 1 atom stereocenters. The Morgan fingerprint density at radius 3 is 2.46 bits per heavy atom. The summed E-state index contributed by atoms with van der Waals surface area (Å²) in [7, 11) is 1.47. The zero-order valence-electron chi connectivity index (χ0n) is 14.8. The number of benzene rings is 2. The van der Waals surface area contributed by atoms with E-state index < -0.39 is 23.6 Å². The van der Waals surface area contributed by atoms with Crippen LogP contribution >= 0.6 is 0 Å². The highest BCUT2D eigenvalue weighted by molar-refractivity contribution is 5.94. The Morgan fingerprint density at radius 1 is 1.12 bits per heavy atom. The van der Waals surface area contributed by atoms with Crippen LogP contribution in [0, 0.1) is 11.6 Å². The number of methoxy groups -OCH3 is 1. The summed E-state index contributed by atoms with van der Waals surface area (Å²) in [5.74, 6) is -1.58. The number of amides is 1. The maximum atomic E-state index is 13.2. The predicted molar refractivity (Wildman–Crippen MR) is 92.4 cm³/mol. The second-order valence-corrected chi connectivity index (χ2v) is 5.93. The Morgan fingerprint density at radius 2 is 1.85 bits per heavy atom. The molecule has 2 aromatic carbocycles. The van der Waals surface area contributed by atoms with Crippen molar-refractivity contribution in [3.8, 4) is 11.5 Å². The maximum absolute atomic E-state index is 13.2. The molecule has 0 heterocycles. The zero-order chi connectivity index (χ0) is 19.3. The molecule has 0 saturated carbocycles. The number of halogens is 2. The van der Waals surface area contributed by atoms with E-state index in [0.29, 0.717) is 17.1 Å². The summed E-state index contributed by atoms with van der Waals surface area (Å²) < 4.78 is 37.0. The first-order valence-corrected chi connectivity index (χ1v) is 8.07. The molecule has 0 saturated heterocycles. The van der Waals surface area contributed by atoms with Crippen LogP contribution in [0.1, 0.15) is 35.9 Å². The lowest BCUT2D eigenvalue weighted by Crippen LogP contribution is -2.28. The van der Waals surface area contributed by atoms with Gasteiger partial charge in [0.2, 0.25) is 0 Å². The van der Waals surface area contributed by atoms with E-state index in [4.69, 9.17) is 9.47 Å². The van der Waals surface area contributed by atoms with Crippen molar-refractivity contribution in [2.75, 3.05) is 13.7 Å². The number of rotatable bonds is 7. The SMILES string of the molecule is COc1cc(C(=O)NCC(O)c2ccc(F)c(F)c2)ccc1OC(C)C. The van der Waals surface area contributed by atoms with Crippen LogP contribution in [0.5, 0.6) is 11.5 Å². The number of hydrogen-bond acceptors (Lipinski definition) is 4. The number of carbonyl (C=O) groups is 1. The molecule has 26 heavy (non-hydrogen) atoms. The number of hydrogen-bond donors (Lipinski definition) is 2. The lowest BCUT2D eigenvalue weighted by atomic mass is 10.1. The molecule has 5 nitrogen and oxygen atoms in total. The minimum absolute atomic E-state index is 0.0465. The maximum Gasteiger partial charge on any atom is 0.251 e. The van der Waals surface area contributed by atoms with E-state index >= 15 is 0 Å². The molecular weight excluding hydrogens is 344 g/mol. The van der Waals surface area contributed by atoms with Crippen LogP contribution in [-0.4, -0.2) is 30.8 Å². The molecule has 1 amide bonds. The Bertz CT molecular complexity index is 780. The van der Waals surface area contributed by atoms with E-state index in [9.17, 15) is 18.7 Å². The topological polar surface area (TPSA) is 67.8 Å². The minimum Gasteiger partial charge on any atom is -0.493 e. The van der Waals surface area contributed by atoms with Gasteiger partial charge in [-0.25, -0.2) is 8.78 Å². The van der Waals surface area contributed by atoms with Gasteiger partial charge in [-0.2, -0.15) is 0 Å². The number of nitrogens with one attached hydrogen (secondary N) is 1. The summed E-state index contributed by atoms with van der Waals surface area (Å²) in [6.07, 6.45) is -1.21. The molecule has 0 bridgehead atoms. The van der Waals surface area contributed by atoms with E-state index in [1.165, 1.54) is 19.2 Å². The van der Waals surface area contributed by atoms with Crippen molar-refractivity contribution < 1.29 is 28.2 Å². The van der Waals surface area contributed by atoms with Crippen LogP contribution in [0.3, 0.4) is 0 Å². The van der Waals surface area contributed by atoms with E-state index in [0.717, 1.165) is 12.1 Å². The third kappa shape index (κ3) is 4.92. The molecule has 1 unspecified atom stereocenters. The van der Waals surface area contributed by atoms with E-state index in [-0.39, 0.29) is 18.2 Å². The van der Waals surface area contributed by atoms with Crippen LogP contribution in [0.15, 0.2) is 36.4 Å². The quantitative estimate of drug-likeness (QED) is 0.791. The second-order valence-electron chi connectivity index (χ2n) is 5.93. The van der Waals surface area contributed by atoms with Crippen LogP contribution < -0.4 is 14.8 Å². The lowest BCUT2D eigenvalue weighted by Gasteiger charge is -2.15. The van der Waals surface area contributed by atoms with Gasteiger partial charge in [-0.05, 0) is 49.7 Å². The van der Waals surface area contributed by atoms with Gasteiger partial charge in [0.1, 0.15) is 0 Å². The highest BCUT2D eigenvalue weighted by atomic mass is 19.2. The first kappa shape index (κ1) is 19.7. The monoisotopic (exact) mass is 365 g/mol. The number of aliphatic hydroxyl groups is 1. The first-order chi connectivity index (χ1) is 12.3. The summed E-state index contributed by atoms with van der Waals surface area (Å²) >= 11 is 0. The molecule has 0 aliphatic rings. The van der Waals surface area contributed by atoms with Crippen LogP contribution in [0.2, 0.25) is 0 Å². The van der Waals surface area contributed by atoms with Gasteiger partial charge in [-0.1, -0.05) is 6.07 Å². The molecule has 7 heteroatoms. The summed E-state index contributed by atoms with van der Waals surface area (Å²) in [5.41, 5.74) is 0.484. The van der Waals surface area contributed by atoms with Crippen molar-refractivity contribution in [2.24, 2.45) is 0 Å². The number of aliphatic hydroxyl groups excluding tert-OH is 1. The van der Waals surface area contributed by atoms with Gasteiger partial charge in [0.05, 0.1) is 19.3 Å². The summed E-state index contributed by atoms with van der Waals surface area (Å²) in [5, 5.41) is 12.6. The molecule has 2 aromatic rings. The first-order valence-electron chi connectivity index (χ1n) is 8.07. The zero-order valence-corrected chi connectivity index (χ0v) is 14.8. The summed E-state index contributed by atoms with van der Waals surface area (Å²) in [6.45, 7) is 3.59. The highest BCUT2D eigenvalue weighted by Gasteiger charge is 2.15. The van der Waals surface area contributed by atoms with Gasteiger partial charge < -0.3 is 19.9 Å². The molecule has 2 rings (SSSR count). The third-order valence-electron chi connectivity index (χ3n) is 3.57. The molecule has 0 aromatic heterocycles. The van der Waals surface area contributed by atoms with E-state index in [1.54, 1.807) is 12.1 Å². The molecule has 0 aliphatic heterocycles. The third-order valence-corrected chi connectivity index (χ3v) is 3.57. The molecule has 0 spiro atoms. The largest absolute Gasteiger partial charge is 0.493 e. The Labute approximate surface area is 150 Å². The van der Waals surface area contributed by atoms with Crippen LogP contribution in [-0.2, 0) is 0 Å². The second kappa shape index (κ2) is 8.62. The lowest BCUT2D eigenvalue weighted by molar-refractivity contribution is 0.0915. The fourth-order valence-corrected chi connectivity index (χ4v) is 2.29. The van der Waals surface area contributed by atoms with Gasteiger partial charge in [-0.3, -0.25) is 4.79 Å². The molecular formula is C19H21F2NO4. The Hall–Kier alpha value is -2.67. The highest BCUT2D eigenvalue weighted by Crippen LogP contribution is 2.29. The Balaban J connectivity index is 2.03. The molecule has 2 N–H and O–H groups in total. The van der Waals surface area contributed by atoms with Crippen molar-refractivity contribution in [3.63, 3.8) is 0 Å². The summed E-state index contributed by atoms with van der Waals surface area (Å²) in [6, 6.07) is 7.80. The predicted octanol–water partition coefficient (Wildman–Crippen LogP) is 3.22. The van der Waals surface area contributed by atoms with Crippen molar-refractivity contribution in [3.05, 3.63) is 59.2 Å². The van der Waals surface area contributed by atoms with Gasteiger partial charge in [-0.15, -0.1) is 0 Å². The molecule has 140 valence electrons. The van der Waals surface area contributed by atoms with Crippen LogP contribution in [0.4, 0.5) is 8.78 Å². The average Bonchev–Trinajstić information content (AvgIpc) is 2.61. The van der Waals surface area contributed by atoms with E-state index in [2.05, 4.69) is 5.32 Å². The smallest absolute Gasteiger partial charge is 0.251 e. The molecule has 0 aliphatic carbocycles. The standard InChI is InChI=1S/C19H21F2NO4/c1-11(2)26-17-7-5-13(9-18(17)25-3)19(24)22-10-16(23)12-4-6-14(20)15(21)8-12/h4-9,11,16,23H,10H2,1-3H3,(H,22,24). The minimum atomic E-state index is -1.17. The normalized spacial score (nSPS) is 12.0. The van der Waals surface area contributed by atoms with Crippen LogP contribution in [0.25, 0.3) is 0 Å². The molecule has 0 fully saturated rings. The van der Waals surface area contributed by atoms with Gasteiger partial charge in [0.15, 0.2) is 23.1 Å². The fraction of sp³-hybridized carbons (Fsp3) is 0.316. The van der Waals surface area contributed by atoms with Gasteiger partial charge in [0.25, 0.3) is 5.91 Å². The number of ether oxygens (including phenoxy) is 2. The van der Waals surface area contributed by atoms with Gasteiger partial charge >= 0.3 is 0 Å². The van der Waals surface area contributed by atoms with E-state index in [1.807, 2.05) is 13.8 Å².